The Bertz CT molecular complexity index is 2890. The quantitative estimate of drug-likeness (QED) is 0.182. The maximum absolute atomic E-state index is 6.45. The molecule has 1 unspecified atom stereocenters. The van der Waals surface area contributed by atoms with Gasteiger partial charge in [0.2, 0.25) is 0 Å². The smallest absolute Gasteiger partial charge is 0.139 e. The van der Waals surface area contributed by atoms with Crippen LogP contribution in [-0.4, -0.2) is 11.2 Å². The molecule has 0 saturated heterocycles. The first-order valence-electron chi connectivity index (χ1n) is 16.9. The first-order chi connectivity index (χ1) is 24.3. The van der Waals surface area contributed by atoms with Crippen molar-refractivity contribution in [2.45, 2.75) is 5.92 Å². The Labute approximate surface area is 282 Å². The molecule has 0 amide bonds. The fraction of sp³-hybridized carbons (Fsp3) is 0.0435. The van der Waals surface area contributed by atoms with Gasteiger partial charge in [0.1, 0.15) is 16.9 Å². The second-order valence-electron chi connectivity index (χ2n) is 13.1. The summed E-state index contributed by atoms with van der Waals surface area (Å²) in [5, 5.41) is 9.83. The summed E-state index contributed by atoms with van der Waals surface area (Å²) in [7, 11) is 0. The molecule has 10 aromatic rings. The lowest BCUT2D eigenvalue weighted by Crippen LogP contribution is -2.05. The van der Waals surface area contributed by atoms with Gasteiger partial charge in [-0.2, -0.15) is 0 Å². The highest BCUT2D eigenvalue weighted by molar-refractivity contribution is 6.18. The van der Waals surface area contributed by atoms with Crippen molar-refractivity contribution in [1.29, 1.82) is 0 Å². The molecular formula is C46H29NO2. The van der Waals surface area contributed by atoms with Crippen molar-refractivity contribution >= 4 is 65.3 Å². The predicted octanol–water partition coefficient (Wildman–Crippen LogP) is 12.2. The highest BCUT2D eigenvalue weighted by atomic mass is 16.5. The van der Waals surface area contributed by atoms with E-state index >= 15 is 0 Å². The summed E-state index contributed by atoms with van der Waals surface area (Å²) in [4.78, 5) is 0. The van der Waals surface area contributed by atoms with Crippen molar-refractivity contribution in [3.05, 3.63) is 169 Å². The Morgan fingerprint density at radius 2 is 1.10 bits per heavy atom. The zero-order valence-corrected chi connectivity index (χ0v) is 26.6. The van der Waals surface area contributed by atoms with Crippen molar-refractivity contribution in [2.75, 3.05) is 6.61 Å². The highest BCUT2D eigenvalue weighted by Crippen LogP contribution is 2.49. The van der Waals surface area contributed by atoms with Gasteiger partial charge in [0.15, 0.2) is 0 Å². The van der Waals surface area contributed by atoms with Crippen molar-refractivity contribution < 1.29 is 9.15 Å². The number of fused-ring (bicyclic) bond motifs is 9. The molecule has 1 aliphatic heterocycles. The van der Waals surface area contributed by atoms with E-state index in [-0.39, 0.29) is 5.92 Å². The van der Waals surface area contributed by atoms with Crippen molar-refractivity contribution in [3.8, 4) is 22.6 Å². The molecule has 0 fully saturated rings. The lowest BCUT2D eigenvalue weighted by atomic mass is 9.81. The fourth-order valence-electron chi connectivity index (χ4n) is 8.50. The number of ether oxygens (including phenoxy) is 1. The summed E-state index contributed by atoms with van der Waals surface area (Å²) in [5.74, 6) is 0.997. The van der Waals surface area contributed by atoms with E-state index in [0.29, 0.717) is 6.61 Å². The van der Waals surface area contributed by atoms with E-state index in [0.717, 1.165) is 27.7 Å². The topological polar surface area (TPSA) is 27.3 Å². The predicted molar refractivity (Wildman–Crippen MR) is 202 cm³/mol. The largest absolute Gasteiger partial charge is 0.492 e. The van der Waals surface area contributed by atoms with Crippen LogP contribution in [0.5, 0.6) is 5.75 Å². The maximum Gasteiger partial charge on any atom is 0.139 e. The molecule has 0 aliphatic carbocycles. The molecule has 1 aliphatic rings. The Morgan fingerprint density at radius 1 is 0.469 bits per heavy atom. The molecule has 0 bridgehead atoms. The van der Waals surface area contributed by atoms with Crippen LogP contribution in [0.3, 0.4) is 0 Å². The van der Waals surface area contributed by atoms with E-state index in [1.54, 1.807) is 0 Å². The number of para-hydroxylation sites is 3. The van der Waals surface area contributed by atoms with Crippen LogP contribution in [-0.2, 0) is 0 Å². The molecule has 3 nitrogen and oxygen atoms in total. The van der Waals surface area contributed by atoms with Gasteiger partial charge in [0.25, 0.3) is 0 Å². The van der Waals surface area contributed by atoms with Crippen LogP contribution in [0, 0.1) is 0 Å². The van der Waals surface area contributed by atoms with Crippen LogP contribution >= 0.6 is 0 Å². The number of hydrogen-bond acceptors (Lipinski definition) is 2. The Morgan fingerprint density at radius 3 is 1.88 bits per heavy atom. The minimum atomic E-state index is 0.0863. The normalized spacial score (nSPS) is 14.4. The molecular weight excluding hydrogens is 599 g/mol. The second-order valence-corrected chi connectivity index (χ2v) is 13.1. The number of benzene rings is 8. The molecule has 0 spiro atoms. The third-order valence-electron chi connectivity index (χ3n) is 10.6. The summed E-state index contributed by atoms with van der Waals surface area (Å²) in [6, 6.07) is 57.0. The molecule has 230 valence electrons. The van der Waals surface area contributed by atoms with Gasteiger partial charge in [0, 0.05) is 44.8 Å². The number of furan rings is 1. The molecule has 0 radical (unpaired) electrons. The van der Waals surface area contributed by atoms with Crippen molar-refractivity contribution in [1.82, 2.24) is 4.57 Å². The van der Waals surface area contributed by atoms with Gasteiger partial charge in [-0.15, -0.1) is 0 Å². The summed E-state index contributed by atoms with van der Waals surface area (Å²) in [6.07, 6.45) is 0. The Balaban J connectivity index is 1.17. The van der Waals surface area contributed by atoms with Gasteiger partial charge in [-0.1, -0.05) is 109 Å². The minimum absolute atomic E-state index is 0.0863. The molecule has 1 atom stereocenters. The zero-order valence-electron chi connectivity index (χ0n) is 26.6. The first kappa shape index (κ1) is 26.7. The zero-order chi connectivity index (χ0) is 32.1. The number of aromatic nitrogens is 1. The maximum atomic E-state index is 6.45. The van der Waals surface area contributed by atoms with E-state index in [2.05, 4.69) is 150 Å². The molecule has 0 N–H and O–H groups in total. The number of nitrogens with zero attached hydrogens (tertiary/aromatic N) is 1. The Hall–Kier alpha value is -6.32. The van der Waals surface area contributed by atoms with E-state index in [1.165, 1.54) is 71.3 Å². The van der Waals surface area contributed by atoms with Crippen LogP contribution in [0.1, 0.15) is 17.0 Å². The highest BCUT2D eigenvalue weighted by Gasteiger charge is 2.31. The second kappa shape index (κ2) is 10.1. The molecule has 49 heavy (non-hydrogen) atoms. The number of hydrogen-bond donors (Lipinski definition) is 0. The van der Waals surface area contributed by atoms with Gasteiger partial charge >= 0.3 is 0 Å². The third-order valence-corrected chi connectivity index (χ3v) is 10.6. The number of rotatable bonds is 3. The molecule has 11 rings (SSSR count). The minimum Gasteiger partial charge on any atom is -0.492 e. The van der Waals surface area contributed by atoms with Gasteiger partial charge in [-0.25, -0.2) is 0 Å². The van der Waals surface area contributed by atoms with Crippen LogP contribution in [0.15, 0.2) is 162 Å². The molecule has 2 aromatic heterocycles. The van der Waals surface area contributed by atoms with Gasteiger partial charge in [-0.3, -0.25) is 0 Å². The van der Waals surface area contributed by atoms with Gasteiger partial charge in [-0.05, 0) is 80.7 Å². The van der Waals surface area contributed by atoms with Crippen molar-refractivity contribution in [2.24, 2.45) is 0 Å². The fourth-order valence-corrected chi connectivity index (χ4v) is 8.50. The summed E-state index contributed by atoms with van der Waals surface area (Å²) in [5.41, 5.74) is 10.4. The summed E-state index contributed by atoms with van der Waals surface area (Å²) >= 11 is 0. The standard InChI is InChI=1S/C46H29NO2/c1-2-12-29(13-3-1)47-40-20-10-8-14-30(40)36-24-28(22-23-41(36)47)45-32-16-4-6-18-34(32)46(35-19-7-5-17-33(35)45)39-27-48-43-26-44-37(25-38(39)43)31-15-9-11-21-42(31)49-44/h1-26,39H,27H2. The van der Waals surface area contributed by atoms with Gasteiger partial charge < -0.3 is 13.7 Å². The average molecular weight is 628 g/mol. The molecule has 3 heterocycles. The van der Waals surface area contributed by atoms with Crippen LogP contribution in [0.4, 0.5) is 0 Å². The van der Waals surface area contributed by atoms with Gasteiger partial charge in [0.05, 0.1) is 17.6 Å². The summed E-state index contributed by atoms with van der Waals surface area (Å²) < 4.78 is 15.1. The van der Waals surface area contributed by atoms with E-state index in [1.807, 2.05) is 12.1 Å². The Kier molecular flexibility index (Phi) is 5.50. The molecule has 0 saturated carbocycles. The lowest BCUT2D eigenvalue weighted by Gasteiger charge is -2.21. The van der Waals surface area contributed by atoms with Crippen molar-refractivity contribution in [3.63, 3.8) is 0 Å². The van der Waals surface area contributed by atoms with E-state index < -0.39 is 0 Å². The monoisotopic (exact) mass is 627 g/mol. The average Bonchev–Trinajstić information content (AvgIpc) is 3.84. The first-order valence-corrected chi connectivity index (χ1v) is 16.9. The van der Waals surface area contributed by atoms with Crippen LogP contribution in [0.25, 0.3) is 82.1 Å². The van der Waals surface area contributed by atoms with E-state index in [9.17, 15) is 0 Å². The SMILES string of the molecule is c1ccc(-n2c3ccccc3c3cc(-c4c5ccccc5c(C5COc6cc7oc8ccccc8c7cc65)c5ccccc45)ccc32)cc1. The summed E-state index contributed by atoms with van der Waals surface area (Å²) in [6.45, 7) is 0.595. The third kappa shape index (κ3) is 3.78. The molecule has 8 aromatic carbocycles. The molecule has 3 heteroatoms. The lowest BCUT2D eigenvalue weighted by molar-refractivity contribution is 0.344. The van der Waals surface area contributed by atoms with Crippen LogP contribution in [0.2, 0.25) is 0 Å². The van der Waals surface area contributed by atoms with E-state index in [4.69, 9.17) is 9.15 Å². The van der Waals surface area contributed by atoms with Crippen LogP contribution < -0.4 is 4.74 Å².